The molecule has 0 spiro atoms. The van der Waals surface area contributed by atoms with Gasteiger partial charge in [0.15, 0.2) is 0 Å². The topological polar surface area (TPSA) is 44.8 Å². The Hall–Kier alpha value is -2.02. The van der Waals surface area contributed by atoms with Crippen LogP contribution in [0, 0.1) is 5.92 Å². The predicted octanol–water partition coefficient (Wildman–Crippen LogP) is 2.47. The van der Waals surface area contributed by atoms with Crippen LogP contribution >= 0.6 is 11.8 Å². The average molecular weight is 424 g/mol. The van der Waals surface area contributed by atoms with Gasteiger partial charge in [-0.15, -0.1) is 11.8 Å². The SMILES string of the molecule is COc1cccc(SCC(=O)NC2C3CN4CCN(C3)CC2(c2ccccc2)C4)c1. The Bertz CT molecular complexity index is 890. The monoisotopic (exact) mass is 423 g/mol. The fraction of sp³-hybridized carbons (Fsp3) is 0.458. The number of nitrogens with one attached hydrogen (secondary N) is 1. The highest BCUT2D eigenvalue weighted by atomic mass is 32.2. The standard InChI is InChI=1S/C24H29N3O2S/c1-29-20-8-5-9-21(12-20)30-15-22(28)25-23-18-13-26-10-11-27(14-18)17-24(23,16-26)19-6-3-2-4-7-19/h2-9,12,18,23H,10-11,13-17H2,1H3,(H,25,28). The fourth-order valence-corrected chi connectivity index (χ4v) is 6.38. The molecule has 1 amide bonds. The van der Waals surface area contributed by atoms with E-state index in [0.717, 1.165) is 49.9 Å². The van der Waals surface area contributed by atoms with Crippen LogP contribution in [-0.4, -0.2) is 73.9 Å². The average Bonchev–Trinajstić information content (AvgIpc) is 3.03. The number of benzene rings is 2. The zero-order valence-corrected chi connectivity index (χ0v) is 18.2. The number of amides is 1. The minimum Gasteiger partial charge on any atom is -0.497 e. The molecule has 5 nitrogen and oxygen atoms in total. The van der Waals surface area contributed by atoms with Gasteiger partial charge in [0.1, 0.15) is 5.75 Å². The molecule has 6 heteroatoms. The van der Waals surface area contributed by atoms with E-state index in [4.69, 9.17) is 4.74 Å². The largest absolute Gasteiger partial charge is 0.497 e. The van der Waals surface area contributed by atoms with Crippen LogP contribution in [0.3, 0.4) is 0 Å². The van der Waals surface area contributed by atoms with Gasteiger partial charge in [-0.05, 0) is 23.8 Å². The lowest BCUT2D eigenvalue weighted by Crippen LogP contribution is -2.70. The van der Waals surface area contributed by atoms with Gasteiger partial charge in [-0.25, -0.2) is 0 Å². The number of carbonyl (C=O) groups is 1. The first-order chi connectivity index (χ1) is 14.7. The highest BCUT2D eigenvalue weighted by molar-refractivity contribution is 8.00. The smallest absolute Gasteiger partial charge is 0.230 e. The van der Waals surface area contributed by atoms with Crippen LogP contribution in [0.2, 0.25) is 0 Å². The predicted molar refractivity (Wildman–Crippen MR) is 120 cm³/mol. The Kier molecular flexibility index (Phi) is 5.48. The van der Waals surface area contributed by atoms with Crippen LogP contribution in [0.1, 0.15) is 5.56 Å². The highest BCUT2D eigenvalue weighted by Crippen LogP contribution is 2.43. The van der Waals surface area contributed by atoms with Crippen LogP contribution in [0.4, 0.5) is 0 Å². The molecule has 4 bridgehead atoms. The third-order valence-electron chi connectivity index (χ3n) is 6.87. The third-order valence-corrected chi connectivity index (χ3v) is 7.87. The number of carbonyl (C=O) groups excluding carboxylic acids is 1. The fourth-order valence-electron chi connectivity index (χ4n) is 5.62. The number of methoxy groups -OCH3 is 1. The molecule has 0 saturated carbocycles. The lowest BCUT2D eigenvalue weighted by atomic mass is 9.64. The molecule has 0 aromatic heterocycles. The van der Waals surface area contributed by atoms with Crippen LogP contribution < -0.4 is 10.1 Å². The van der Waals surface area contributed by atoms with E-state index in [2.05, 4.69) is 45.4 Å². The van der Waals surface area contributed by atoms with Gasteiger partial charge >= 0.3 is 0 Å². The van der Waals surface area contributed by atoms with Gasteiger partial charge in [-0.1, -0.05) is 36.4 Å². The number of rotatable bonds is 6. The molecule has 2 aromatic rings. The Balaban J connectivity index is 1.35. The van der Waals surface area contributed by atoms with Crippen LogP contribution in [0.25, 0.3) is 0 Å². The lowest BCUT2D eigenvalue weighted by molar-refractivity contribution is -0.121. The van der Waals surface area contributed by atoms with Gasteiger partial charge < -0.3 is 19.9 Å². The molecule has 4 saturated heterocycles. The summed E-state index contributed by atoms with van der Waals surface area (Å²) in [7, 11) is 1.67. The molecule has 30 heavy (non-hydrogen) atoms. The Labute approximate surface area is 182 Å². The number of hydrogen-bond acceptors (Lipinski definition) is 5. The third kappa shape index (κ3) is 3.72. The van der Waals surface area contributed by atoms with Crippen LogP contribution in [0.15, 0.2) is 59.5 Å². The van der Waals surface area contributed by atoms with Crippen molar-refractivity contribution in [1.29, 1.82) is 0 Å². The number of fused-ring (bicyclic) bond motifs is 1. The molecule has 4 fully saturated rings. The van der Waals surface area contributed by atoms with Crippen LogP contribution in [-0.2, 0) is 10.2 Å². The molecule has 158 valence electrons. The van der Waals surface area contributed by atoms with Gasteiger partial charge in [0, 0.05) is 61.5 Å². The van der Waals surface area contributed by atoms with E-state index in [9.17, 15) is 4.79 Å². The first-order valence-electron chi connectivity index (χ1n) is 10.7. The summed E-state index contributed by atoms with van der Waals surface area (Å²) in [6.45, 7) is 6.49. The van der Waals surface area contributed by atoms with Crippen molar-refractivity contribution >= 4 is 17.7 Å². The molecular weight excluding hydrogens is 394 g/mol. The summed E-state index contributed by atoms with van der Waals surface area (Å²) in [6, 6.07) is 18.9. The second-order valence-electron chi connectivity index (χ2n) is 8.77. The first kappa shape index (κ1) is 19.9. The summed E-state index contributed by atoms with van der Waals surface area (Å²) >= 11 is 1.57. The van der Waals surface area contributed by atoms with Gasteiger partial charge in [0.2, 0.25) is 5.91 Å². The molecule has 2 aromatic carbocycles. The summed E-state index contributed by atoms with van der Waals surface area (Å²) in [5, 5.41) is 3.48. The van der Waals surface area contributed by atoms with Crippen molar-refractivity contribution in [2.24, 2.45) is 5.92 Å². The number of thioether (sulfide) groups is 1. The van der Waals surface area contributed by atoms with Gasteiger partial charge in [-0.3, -0.25) is 4.79 Å². The Morgan fingerprint density at radius 3 is 2.53 bits per heavy atom. The van der Waals surface area contributed by atoms with E-state index in [1.807, 2.05) is 24.3 Å². The van der Waals surface area contributed by atoms with E-state index < -0.39 is 0 Å². The second-order valence-corrected chi connectivity index (χ2v) is 9.81. The molecule has 0 aliphatic carbocycles. The summed E-state index contributed by atoms with van der Waals surface area (Å²) in [5.41, 5.74) is 1.33. The quantitative estimate of drug-likeness (QED) is 0.724. The highest BCUT2D eigenvalue weighted by Gasteiger charge is 2.55. The molecule has 3 atom stereocenters. The van der Waals surface area contributed by atoms with E-state index >= 15 is 0 Å². The number of hydrogen-bond donors (Lipinski definition) is 1. The van der Waals surface area contributed by atoms with E-state index in [0.29, 0.717) is 11.7 Å². The molecule has 3 unspecified atom stereocenters. The zero-order chi connectivity index (χ0) is 20.6. The summed E-state index contributed by atoms with van der Waals surface area (Å²) in [5.74, 6) is 1.85. The number of nitrogens with zero attached hydrogens (tertiary/aromatic N) is 2. The normalized spacial score (nSPS) is 31.9. The minimum atomic E-state index is -0.0325. The van der Waals surface area contributed by atoms with Gasteiger partial charge in [-0.2, -0.15) is 0 Å². The van der Waals surface area contributed by atoms with Crippen molar-refractivity contribution in [1.82, 2.24) is 15.1 Å². The molecule has 1 N–H and O–H groups in total. The zero-order valence-electron chi connectivity index (χ0n) is 17.4. The Morgan fingerprint density at radius 1 is 1.10 bits per heavy atom. The molecule has 0 radical (unpaired) electrons. The van der Waals surface area contributed by atoms with Gasteiger partial charge in [0.05, 0.1) is 12.9 Å². The van der Waals surface area contributed by atoms with Crippen LogP contribution in [0.5, 0.6) is 5.75 Å². The van der Waals surface area contributed by atoms with E-state index in [1.54, 1.807) is 18.9 Å². The second kappa shape index (κ2) is 8.25. The van der Waals surface area contributed by atoms with Crippen molar-refractivity contribution in [3.8, 4) is 5.75 Å². The summed E-state index contributed by atoms with van der Waals surface area (Å²) in [6.07, 6.45) is 0. The van der Waals surface area contributed by atoms with Crippen molar-refractivity contribution in [2.75, 3.05) is 52.1 Å². The minimum absolute atomic E-state index is 0.0325. The maximum atomic E-state index is 13.0. The first-order valence-corrected chi connectivity index (χ1v) is 11.7. The lowest BCUT2D eigenvalue weighted by Gasteiger charge is -2.55. The van der Waals surface area contributed by atoms with Crippen molar-refractivity contribution in [3.05, 3.63) is 60.2 Å². The summed E-state index contributed by atoms with van der Waals surface area (Å²) < 4.78 is 5.30. The van der Waals surface area contributed by atoms with E-state index in [1.165, 1.54) is 5.56 Å². The molecular formula is C24H29N3O2S. The van der Waals surface area contributed by atoms with E-state index in [-0.39, 0.29) is 17.4 Å². The van der Waals surface area contributed by atoms with Crippen molar-refractivity contribution in [3.63, 3.8) is 0 Å². The van der Waals surface area contributed by atoms with Crippen molar-refractivity contribution < 1.29 is 9.53 Å². The number of piperidine rings is 2. The van der Waals surface area contributed by atoms with Crippen molar-refractivity contribution in [2.45, 2.75) is 16.4 Å². The molecule has 6 rings (SSSR count). The Morgan fingerprint density at radius 2 is 1.83 bits per heavy atom. The molecule has 4 aliphatic heterocycles. The molecule has 4 heterocycles. The van der Waals surface area contributed by atoms with Gasteiger partial charge in [0.25, 0.3) is 0 Å². The summed E-state index contributed by atoms with van der Waals surface area (Å²) in [4.78, 5) is 19.3. The maximum Gasteiger partial charge on any atom is 0.230 e. The molecule has 4 aliphatic rings. The number of ether oxygens (including phenoxy) is 1. The maximum absolute atomic E-state index is 13.0.